The van der Waals surface area contributed by atoms with Gasteiger partial charge in [-0.3, -0.25) is 0 Å². The third-order valence-electron chi connectivity index (χ3n) is 13.4. The van der Waals surface area contributed by atoms with E-state index in [2.05, 4.69) is 245 Å². The molecule has 314 valence electrons. The van der Waals surface area contributed by atoms with E-state index >= 15 is 0 Å². The molecule has 4 nitrogen and oxygen atoms in total. The minimum absolute atomic E-state index is 0.0291. The molecule has 12 aromatic rings. The Labute approximate surface area is 396 Å². The highest BCUT2D eigenvalue weighted by Crippen LogP contribution is 2.47. The molecular formula is C60H38BN3OS2. The van der Waals surface area contributed by atoms with Crippen LogP contribution in [0.4, 0.5) is 51.2 Å². The average Bonchev–Trinajstić information content (AvgIpc) is 3.93. The smallest absolute Gasteiger partial charge is 0.256 e. The van der Waals surface area contributed by atoms with E-state index in [9.17, 15) is 0 Å². The van der Waals surface area contributed by atoms with Crippen molar-refractivity contribution >= 4 is 137 Å². The molecule has 0 unspecified atom stereocenters. The van der Waals surface area contributed by atoms with Crippen LogP contribution in [0.5, 0.6) is 11.5 Å². The summed E-state index contributed by atoms with van der Waals surface area (Å²) >= 11 is 3.74. The zero-order valence-corrected chi connectivity index (χ0v) is 37.7. The molecule has 10 aromatic carbocycles. The normalized spacial score (nSPS) is 12.5. The molecule has 0 bridgehead atoms. The third kappa shape index (κ3) is 6.12. The van der Waals surface area contributed by atoms with Crippen LogP contribution >= 0.6 is 22.7 Å². The van der Waals surface area contributed by atoms with Crippen LogP contribution in [0.15, 0.2) is 231 Å². The lowest BCUT2D eigenvalue weighted by atomic mass is 9.34. The van der Waals surface area contributed by atoms with Gasteiger partial charge < -0.3 is 19.4 Å². The summed E-state index contributed by atoms with van der Waals surface area (Å²) in [5.41, 5.74) is 13.9. The quantitative estimate of drug-likeness (QED) is 0.148. The molecule has 0 aliphatic carbocycles. The first kappa shape index (κ1) is 38.2. The van der Waals surface area contributed by atoms with E-state index < -0.39 is 0 Å². The van der Waals surface area contributed by atoms with E-state index in [0.717, 1.165) is 57.0 Å². The molecule has 14 rings (SSSR count). The van der Waals surface area contributed by atoms with Crippen molar-refractivity contribution in [2.75, 3.05) is 14.7 Å². The molecule has 0 saturated heterocycles. The molecule has 7 heteroatoms. The monoisotopic (exact) mass is 891 g/mol. The van der Waals surface area contributed by atoms with E-state index in [-0.39, 0.29) is 6.71 Å². The summed E-state index contributed by atoms with van der Waals surface area (Å²) in [6, 6.07) is 83.5. The Morgan fingerprint density at radius 1 is 0.343 bits per heavy atom. The second-order valence-electron chi connectivity index (χ2n) is 17.3. The fourth-order valence-corrected chi connectivity index (χ4v) is 12.9. The maximum Gasteiger partial charge on any atom is 0.256 e. The van der Waals surface area contributed by atoms with Crippen molar-refractivity contribution in [1.82, 2.24) is 0 Å². The summed E-state index contributed by atoms with van der Waals surface area (Å²) in [5, 5.41) is 4.98. The fraction of sp³-hybridized carbons (Fsp3) is 0. The predicted molar refractivity (Wildman–Crippen MR) is 287 cm³/mol. The van der Waals surface area contributed by atoms with E-state index in [1.165, 1.54) is 62.4 Å². The van der Waals surface area contributed by atoms with Crippen LogP contribution in [0.25, 0.3) is 40.3 Å². The van der Waals surface area contributed by atoms with Crippen LogP contribution in [0, 0.1) is 0 Å². The van der Waals surface area contributed by atoms with Gasteiger partial charge in [0.25, 0.3) is 6.71 Å². The lowest BCUT2D eigenvalue weighted by Gasteiger charge is -2.40. The number of hydrogen-bond acceptors (Lipinski definition) is 6. The second kappa shape index (κ2) is 15.2. The molecule has 2 aliphatic rings. The van der Waals surface area contributed by atoms with Gasteiger partial charge in [-0.1, -0.05) is 109 Å². The van der Waals surface area contributed by atoms with Crippen molar-refractivity contribution in [2.45, 2.75) is 0 Å². The largest absolute Gasteiger partial charge is 0.458 e. The van der Waals surface area contributed by atoms with Crippen molar-refractivity contribution in [3.8, 4) is 11.5 Å². The standard InChI is InChI=1S/C60H38BN3OS2/c1-6-17-39(18-7-1)62(40-19-8-2-9-20-40)44-29-31-46-48-35-53-50(37-58(48)66-56(46)33-44)61-51-38-59-49(36-55(51)65-54-28-16-27-52(60(54)61)64(53)43-25-14-5-15-26-43)47-32-30-45(34-57(47)67-59)63(41-21-10-3-11-22-41)42-23-12-4-13-24-42/h1-38H. The molecule has 2 aliphatic heterocycles. The van der Waals surface area contributed by atoms with Crippen LogP contribution in [0.3, 0.4) is 0 Å². The van der Waals surface area contributed by atoms with E-state index in [1.807, 2.05) is 22.7 Å². The maximum atomic E-state index is 7.04. The van der Waals surface area contributed by atoms with Gasteiger partial charge in [0.1, 0.15) is 11.5 Å². The molecule has 0 atom stereocenters. The summed E-state index contributed by atoms with van der Waals surface area (Å²) in [6.07, 6.45) is 0. The van der Waals surface area contributed by atoms with Gasteiger partial charge in [0.2, 0.25) is 0 Å². The van der Waals surface area contributed by atoms with Crippen LogP contribution in [-0.2, 0) is 0 Å². The fourth-order valence-electron chi connectivity index (χ4n) is 10.5. The van der Waals surface area contributed by atoms with Crippen LogP contribution in [0.1, 0.15) is 0 Å². The van der Waals surface area contributed by atoms with Gasteiger partial charge in [0.05, 0.1) is 0 Å². The molecule has 0 radical (unpaired) electrons. The first-order chi connectivity index (χ1) is 33.2. The highest BCUT2D eigenvalue weighted by molar-refractivity contribution is 7.26. The Hall–Kier alpha value is -8.10. The first-order valence-electron chi connectivity index (χ1n) is 22.7. The molecule has 0 saturated carbocycles. The topological polar surface area (TPSA) is 19.0 Å². The number of fused-ring (bicyclic) bond motifs is 10. The SMILES string of the molecule is c1ccc(N(c2ccccc2)c2ccc3c(c2)sc2cc4c(cc23)Oc2cccc3c2B4c2cc4sc5cc(N(c6ccccc6)c6ccccc6)ccc5c4cc2N3c2ccccc2)cc1. The summed E-state index contributed by atoms with van der Waals surface area (Å²) < 4.78 is 12.1. The van der Waals surface area contributed by atoms with Crippen LogP contribution < -0.4 is 35.8 Å². The van der Waals surface area contributed by atoms with Crippen molar-refractivity contribution in [3.63, 3.8) is 0 Å². The zero-order valence-electron chi connectivity index (χ0n) is 36.1. The van der Waals surface area contributed by atoms with E-state index in [0.29, 0.717) is 0 Å². The van der Waals surface area contributed by atoms with Gasteiger partial charge in [-0.05, 0) is 138 Å². The van der Waals surface area contributed by atoms with E-state index in [1.54, 1.807) is 0 Å². The molecule has 0 amide bonds. The Kier molecular flexibility index (Phi) is 8.69. The molecule has 0 N–H and O–H groups in total. The highest BCUT2D eigenvalue weighted by Gasteiger charge is 2.42. The number of rotatable bonds is 7. The van der Waals surface area contributed by atoms with Crippen LogP contribution in [0.2, 0.25) is 0 Å². The van der Waals surface area contributed by atoms with Crippen molar-refractivity contribution in [1.29, 1.82) is 0 Å². The number of benzene rings is 10. The molecule has 67 heavy (non-hydrogen) atoms. The summed E-state index contributed by atoms with van der Waals surface area (Å²) in [6.45, 7) is -0.0291. The zero-order chi connectivity index (χ0) is 44.0. The molecular weight excluding hydrogens is 854 g/mol. The van der Waals surface area contributed by atoms with Crippen molar-refractivity contribution in [2.24, 2.45) is 0 Å². The van der Waals surface area contributed by atoms with E-state index in [4.69, 9.17) is 4.74 Å². The minimum Gasteiger partial charge on any atom is -0.458 e. The maximum absolute atomic E-state index is 7.04. The number of hydrogen-bond donors (Lipinski definition) is 0. The van der Waals surface area contributed by atoms with Crippen molar-refractivity contribution in [3.05, 3.63) is 231 Å². The lowest BCUT2D eigenvalue weighted by Crippen LogP contribution is -2.59. The number of ether oxygens (including phenoxy) is 1. The molecule has 2 aromatic heterocycles. The molecule has 4 heterocycles. The van der Waals surface area contributed by atoms with Crippen molar-refractivity contribution < 1.29 is 4.74 Å². The van der Waals surface area contributed by atoms with Gasteiger partial charge in [0.15, 0.2) is 0 Å². The van der Waals surface area contributed by atoms with Gasteiger partial charge in [0, 0.05) is 91.5 Å². The first-order valence-corrected chi connectivity index (χ1v) is 24.3. The Balaban J connectivity index is 0.949. The highest BCUT2D eigenvalue weighted by atomic mass is 32.1. The van der Waals surface area contributed by atoms with Gasteiger partial charge in [-0.2, -0.15) is 0 Å². The second-order valence-corrected chi connectivity index (χ2v) is 19.4. The molecule has 0 fully saturated rings. The van der Waals surface area contributed by atoms with Gasteiger partial charge in [-0.15, -0.1) is 22.7 Å². The Morgan fingerprint density at radius 2 is 0.806 bits per heavy atom. The molecule has 0 spiro atoms. The third-order valence-corrected chi connectivity index (χ3v) is 15.7. The lowest BCUT2D eigenvalue weighted by molar-refractivity contribution is 0.488. The summed E-state index contributed by atoms with van der Waals surface area (Å²) in [5.74, 6) is 1.83. The number of anilines is 9. The van der Waals surface area contributed by atoms with Gasteiger partial charge in [-0.25, -0.2) is 0 Å². The Morgan fingerprint density at radius 3 is 1.33 bits per heavy atom. The minimum atomic E-state index is -0.0291. The number of para-hydroxylation sites is 5. The summed E-state index contributed by atoms with van der Waals surface area (Å²) in [4.78, 5) is 7.14. The Bertz CT molecular complexity index is 3780. The van der Waals surface area contributed by atoms with Crippen LogP contribution in [-0.4, -0.2) is 6.71 Å². The van der Waals surface area contributed by atoms with Gasteiger partial charge >= 0.3 is 0 Å². The number of nitrogens with zero attached hydrogens (tertiary/aromatic N) is 3. The number of thiophene rings is 2. The average molecular weight is 892 g/mol. The summed E-state index contributed by atoms with van der Waals surface area (Å²) in [7, 11) is 0. The predicted octanol–water partition coefficient (Wildman–Crippen LogP) is 15.8.